The van der Waals surface area contributed by atoms with Crippen LogP contribution in [-0.2, 0) is 0 Å². The third kappa shape index (κ3) is 3.12. The van der Waals surface area contributed by atoms with Gasteiger partial charge in [-0.15, -0.1) is 0 Å². The lowest BCUT2D eigenvalue weighted by Crippen LogP contribution is -2.15. The number of fused-ring (bicyclic) bond motifs is 3. The molecule has 0 amide bonds. The predicted molar refractivity (Wildman–Crippen MR) is 126 cm³/mol. The van der Waals surface area contributed by atoms with E-state index in [4.69, 9.17) is 5.73 Å². The maximum Gasteiger partial charge on any atom is 0.258 e. The van der Waals surface area contributed by atoms with Gasteiger partial charge < -0.3 is 20.7 Å². The van der Waals surface area contributed by atoms with Gasteiger partial charge in [0.05, 0.1) is 10.9 Å². The number of nitrogens with two attached hydrogens (primary N) is 1. The highest BCUT2D eigenvalue weighted by Gasteiger charge is 2.19. The molecule has 1 aromatic heterocycles. The fourth-order valence-electron chi connectivity index (χ4n) is 4.17. The molecular formula is C25H27N3O2. The summed E-state index contributed by atoms with van der Waals surface area (Å²) >= 11 is 0. The second-order valence-corrected chi connectivity index (χ2v) is 8.14. The second kappa shape index (κ2) is 7.50. The lowest BCUT2D eigenvalue weighted by atomic mass is 9.91. The fourth-order valence-corrected chi connectivity index (χ4v) is 4.17. The van der Waals surface area contributed by atoms with E-state index < -0.39 is 0 Å². The zero-order valence-corrected chi connectivity index (χ0v) is 17.8. The Bertz CT molecular complexity index is 1300. The van der Waals surface area contributed by atoms with E-state index in [0.717, 1.165) is 44.2 Å². The zero-order chi connectivity index (χ0) is 21.6. The van der Waals surface area contributed by atoms with Crippen LogP contribution in [0.4, 0.5) is 5.69 Å². The molecule has 0 bridgehead atoms. The predicted octanol–water partition coefficient (Wildman–Crippen LogP) is 4.49. The number of aromatic hydroxyl groups is 1. The molecule has 0 spiro atoms. The first kappa shape index (κ1) is 20.0. The van der Waals surface area contributed by atoms with E-state index in [1.807, 2.05) is 56.3 Å². The minimum Gasteiger partial charge on any atom is -0.507 e. The van der Waals surface area contributed by atoms with Crippen molar-refractivity contribution in [1.82, 2.24) is 4.98 Å². The van der Waals surface area contributed by atoms with E-state index in [1.165, 1.54) is 0 Å². The number of aromatic nitrogens is 1. The van der Waals surface area contributed by atoms with Crippen LogP contribution in [0.2, 0.25) is 0 Å². The number of hydrogen-bond donors (Lipinski definition) is 3. The molecule has 0 aliphatic carbocycles. The molecule has 4 rings (SSSR count). The van der Waals surface area contributed by atoms with Gasteiger partial charge in [-0.1, -0.05) is 43.3 Å². The summed E-state index contributed by atoms with van der Waals surface area (Å²) < 4.78 is 0. The Kier molecular flexibility index (Phi) is 5.00. The molecule has 4 N–H and O–H groups in total. The largest absolute Gasteiger partial charge is 0.507 e. The van der Waals surface area contributed by atoms with Crippen LogP contribution in [0.15, 0.2) is 53.3 Å². The number of nitrogens with zero attached hydrogens (tertiary/aromatic N) is 1. The summed E-state index contributed by atoms with van der Waals surface area (Å²) in [6, 6.07) is 15.7. The summed E-state index contributed by atoms with van der Waals surface area (Å²) in [6.45, 7) is 4.57. The molecule has 1 heterocycles. The van der Waals surface area contributed by atoms with Crippen molar-refractivity contribution < 1.29 is 5.11 Å². The Morgan fingerprint density at radius 1 is 1.10 bits per heavy atom. The maximum absolute atomic E-state index is 13.0. The second-order valence-electron chi connectivity index (χ2n) is 8.14. The van der Waals surface area contributed by atoms with Gasteiger partial charge >= 0.3 is 0 Å². The van der Waals surface area contributed by atoms with Crippen LogP contribution >= 0.6 is 0 Å². The van der Waals surface area contributed by atoms with E-state index in [0.29, 0.717) is 11.9 Å². The average molecular weight is 402 g/mol. The monoisotopic (exact) mass is 401 g/mol. The molecule has 3 aromatic carbocycles. The highest BCUT2D eigenvalue weighted by molar-refractivity contribution is 6.17. The molecule has 0 saturated carbocycles. The maximum atomic E-state index is 13.0. The molecule has 4 aromatic rings. The third-order valence-electron chi connectivity index (χ3n) is 5.88. The molecule has 0 aliphatic rings. The summed E-state index contributed by atoms with van der Waals surface area (Å²) in [4.78, 5) is 18.0. The number of hydrogen-bond acceptors (Lipinski definition) is 4. The summed E-state index contributed by atoms with van der Waals surface area (Å²) in [5, 5.41) is 13.3. The van der Waals surface area contributed by atoms with Gasteiger partial charge in [0.2, 0.25) is 0 Å². The van der Waals surface area contributed by atoms with Gasteiger partial charge in [0.1, 0.15) is 5.75 Å². The van der Waals surface area contributed by atoms with Gasteiger partial charge in [0.25, 0.3) is 5.56 Å². The highest BCUT2D eigenvalue weighted by Crippen LogP contribution is 2.41. The van der Waals surface area contributed by atoms with Crippen molar-refractivity contribution in [3.63, 3.8) is 0 Å². The van der Waals surface area contributed by atoms with E-state index in [9.17, 15) is 9.90 Å². The molecule has 0 saturated heterocycles. The fraction of sp³-hybridized carbons (Fsp3) is 0.240. The molecule has 0 unspecified atom stereocenters. The Morgan fingerprint density at radius 3 is 2.43 bits per heavy atom. The summed E-state index contributed by atoms with van der Waals surface area (Å²) in [6.07, 6.45) is 0. The van der Waals surface area contributed by atoms with Crippen LogP contribution in [0.5, 0.6) is 5.75 Å². The molecule has 154 valence electrons. The van der Waals surface area contributed by atoms with Crippen LogP contribution in [0.1, 0.15) is 24.0 Å². The first-order chi connectivity index (χ1) is 14.3. The number of nitrogens with one attached hydrogen (secondary N) is 1. The number of pyridine rings is 1. The SMILES string of the molecule is Cc1cc(O)c(-c2ccc([C@@H](C)CN)cc2)c2c1[nH]c(=O)c1c(N(C)C)cccc12. The van der Waals surface area contributed by atoms with Crippen molar-refractivity contribution in [1.29, 1.82) is 0 Å². The van der Waals surface area contributed by atoms with Gasteiger partial charge in [-0.25, -0.2) is 0 Å². The van der Waals surface area contributed by atoms with Gasteiger partial charge in [0.15, 0.2) is 0 Å². The Hall–Kier alpha value is -3.31. The molecule has 30 heavy (non-hydrogen) atoms. The number of rotatable bonds is 4. The quantitative estimate of drug-likeness (QED) is 0.440. The highest BCUT2D eigenvalue weighted by atomic mass is 16.3. The summed E-state index contributed by atoms with van der Waals surface area (Å²) in [5.41, 5.74) is 10.9. The first-order valence-corrected chi connectivity index (χ1v) is 10.1. The molecule has 5 heteroatoms. The lowest BCUT2D eigenvalue weighted by Gasteiger charge is -2.18. The molecule has 0 radical (unpaired) electrons. The van der Waals surface area contributed by atoms with Crippen LogP contribution in [-0.4, -0.2) is 30.7 Å². The van der Waals surface area contributed by atoms with Crippen molar-refractivity contribution in [2.45, 2.75) is 19.8 Å². The Morgan fingerprint density at radius 2 is 1.80 bits per heavy atom. The number of phenols is 1. The minimum absolute atomic E-state index is 0.131. The molecule has 5 nitrogen and oxygen atoms in total. The molecule has 1 atom stereocenters. The third-order valence-corrected chi connectivity index (χ3v) is 5.88. The van der Waals surface area contributed by atoms with Crippen molar-refractivity contribution in [2.24, 2.45) is 5.73 Å². The van der Waals surface area contributed by atoms with Crippen LogP contribution < -0.4 is 16.2 Å². The Balaban J connectivity index is 2.12. The van der Waals surface area contributed by atoms with Crippen LogP contribution in [0.25, 0.3) is 32.8 Å². The number of phenolic OH excluding ortho intramolecular Hbond substituents is 1. The summed E-state index contributed by atoms with van der Waals surface area (Å²) in [5.74, 6) is 0.463. The van der Waals surface area contributed by atoms with E-state index in [1.54, 1.807) is 6.07 Å². The number of H-pyrrole nitrogens is 1. The number of aryl methyl sites for hydroxylation is 1. The van der Waals surface area contributed by atoms with Gasteiger partial charge in [-0.05, 0) is 53.6 Å². The first-order valence-electron chi connectivity index (χ1n) is 10.1. The normalized spacial score (nSPS) is 12.4. The van der Waals surface area contributed by atoms with E-state index in [2.05, 4.69) is 24.0 Å². The number of aromatic amines is 1. The van der Waals surface area contributed by atoms with Crippen molar-refractivity contribution >= 4 is 27.4 Å². The molecular weight excluding hydrogens is 374 g/mol. The summed E-state index contributed by atoms with van der Waals surface area (Å²) in [7, 11) is 3.84. The zero-order valence-electron chi connectivity index (χ0n) is 17.8. The molecule has 0 aliphatic heterocycles. The van der Waals surface area contributed by atoms with Crippen molar-refractivity contribution in [3.05, 3.63) is 70.0 Å². The Labute approximate surface area is 175 Å². The van der Waals surface area contributed by atoms with Crippen LogP contribution in [0.3, 0.4) is 0 Å². The minimum atomic E-state index is -0.131. The number of benzene rings is 3. The van der Waals surface area contributed by atoms with E-state index >= 15 is 0 Å². The van der Waals surface area contributed by atoms with E-state index in [-0.39, 0.29) is 17.2 Å². The van der Waals surface area contributed by atoms with Crippen LogP contribution in [0, 0.1) is 6.92 Å². The van der Waals surface area contributed by atoms with Gasteiger partial charge in [0, 0.05) is 30.7 Å². The van der Waals surface area contributed by atoms with Crippen molar-refractivity contribution in [2.75, 3.05) is 25.5 Å². The topological polar surface area (TPSA) is 82.3 Å². The smallest absolute Gasteiger partial charge is 0.258 e. The standard InChI is InChI=1S/C25H27N3O2/c1-14-12-20(29)21(17-10-8-16(9-11-17)15(2)13-26)23-18-6-5-7-19(28(3)4)22(18)25(30)27-24(14)23/h5-12,15,29H,13,26H2,1-4H3,(H,27,30)/t15-/m0/s1. The van der Waals surface area contributed by atoms with Gasteiger partial charge in [-0.2, -0.15) is 0 Å². The molecule has 0 fully saturated rings. The number of anilines is 1. The van der Waals surface area contributed by atoms with Crippen molar-refractivity contribution in [3.8, 4) is 16.9 Å². The van der Waals surface area contributed by atoms with Gasteiger partial charge in [-0.3, -0.25) is 4.79 Å². The average Bonchev–Trinajstić information content (AvgIpc) is 2.74. The lowest BCUT2D eigenvalue weighted by molar-refractivity contribution is 0.477.